The highest BCUT2D eigenvalue weighted by molar-refractivity contribution is 9.10. The van der Waals surface area contributed by atoms with Crippen molar-refractivity contribution in [2.75, 3.05) is 0 Å². The summed E-state index contributed by atoms with van der Waals surface area (Å²) in [6.45, 7) is 0.0714. The summed E-state index contributed by atoms with van der Waals surface area (Å²) in [5.41, 5.74) is 0.0120. The Morgan fingerprint density at radius 2 is 1.77 bits per heavy atom. The number of ether oxygens (including phenoxy) is 1. The molecule has 202 valence electrons. The Morgan fingerprint density at radius 3 is 2.52 bits per heavy atom. The number of rotatable bonds is 6. The number of fused-ring (bicyclic) bond motifs is 1. The van der Waals surface area contributed by atoms with Gasteiger partial charge in [-0.25, -0.2) is 9.37 Å². The average molecular weight is 631 g/mol. The molecule has 11 heteroatoms. The number of benzene rings is 4. The highest BCUT2D eigenvalue weighted by Crippen LogP contribution is 2.35. The molecule has 0 amide bonds. The lowest BCUT2D eigenvalue weighted by molar-refractivity contribution is -0.137. The molecule has 0 radical (unpaired) electrons. The number of hydrogen-bond donors (Lipinski definition) is 0. The van der Waals surface area contributed by atoms with Gasteiger partial charge in [0.05, 0.1) is 32.2 Å². The quantitative estimate of drug-likeness (QED) is 0.141. The maximum Gasteiger partial charge on any atom is 0.416 e. The number of halogens is 6. The van der Waals surface area contributed by atoms with Gasteiger partial charge in [-0.05, 0) is 75.6 Å². The van der Waals surface area contributed by atoms with E-state index in [1.165, 1.54) is 30.5 Å². The summed E-state index contributed by atoms with van der Waals surface area (Å²) in [7, 11) is 0. The molecule has 0 unspecified atom stereocenters. The predicted octanol–water partition coefficient (Wildman–Crippen LogP) is 8.10. The van der Waals surface area contributed by atoms with Gasteiger partial charge >= 0.3 is 6.18 Å². The van der Waals surface area contributed by atoms with E-state index in [9.17, 15) is 22.4 Å². The molecule has 4 aromatic carbocycles. The molecular weight excluding hydrogens is 614 g/mol. The van der Waals surface area contributed by atoms with Crippen molar-refractivity contribution in [3.05, 3.63) is 127 Å². The van der Waals surface area contributed by atoms with Gasteiger partial charge in [0.25, 0.3) is 5.56 Å². The molecule has 0 atom stereocenters. The van der Waals surface area contributed by atoms with Gasteiger partial charge in [0.15, 0.2) is 11.6 Å². The molecule has 0 aliphatic rings. The van der Waals surface area contributed by atoms with Crippen molar-refractivity contribution < 1.29 is 22.3 Å². The molecule has 5 rings (SSSR count). The minimum Gasteiger partial charge on any atom is -0.486 e. The zero-order valence-corrected chi connectivity index (χ0v) is 22.6. The Morgan fingerprint density at radius 1 is 1.00 bits per heavy atom. The Labute approximate surface area is 238 Å². The zero-order valence-electron chi connectivity index (χ0n) is 20.3. The van der Waals surface area contributed by atoms with E-state index in [0.717, 1.165) is 16.8 Å². The molecule has 1 heterocycles. The van der Waals surface area contributed by atoms with E-state index in [-0.39, 0.29) is 34.2 Å². The first-order chi connectivity index (χ1) is 19.1. The number of aromatic nitrogens is 2. The second-order valence-corrected chi connectivity index (χ2v) is 9.89. The van der Waals surface area contributed by atoms with Crippen LogP contribution in [0.25, 0.3) is 22.3 Å². The van der Waals surface area contributed by atoms with Crippen molar-refractivity contribution in [3.8, 4) is 17.1 Å². The fourth-order valence-electron chi connectivity index (χ4n) is 3.95. The second kappa shape index (κ2) is 11.2. The Hall–Kier alpha value is -4.02. The third-order valence-corrected chi connectivity index (χ3v) is 6.69. The normalized spacial score (nSPS) is 11.8. The molecule has 0 saturated heterocycles. The molecule has 5 nitrogen and oxygen atoms in total. The van der Waals surface area contributed by atoms with Gasteiger partial charge in [-0.1, -0.05) is 48.0 Å². The van der Waals surface area contributed by atoms with Crippen LogP contribution in [0.5, 0.6) is 5.75 Å². The number of alkyl halides is 3. The van der Waals surface area contributed by atoms with Crippen LogP contribution in [0, 0.1) is 5.82 Å². The molecule has 40 heavy (non-hydrogen) atoms. The van der Waals surface area contributed by atoms with Crippen molar-refractivity contribution in [1.29, 1.82) is 0 Å². The molecule has 0 aliphatic heterocycles. The van der Waals surface area contributed by atoms with Crippen LogP contribution in [0.1, 0.15) is 16.7 Å². The monoisotopic (exact) mass is 629 g/mol. The minimum absolute atomic E-state index is 0.0636. The van der Waals surface area contributed by atoms with Crippen molar-refractivity contribution in [3.63, 3.8) is 0 Å². The molecule has 0 fully saturated rings. The van der Waals surface area contributed by atoms with Gasteiger partial charge in [-0.2, -0.15) is 22.9 Å². The van der Waals surface area contributed by atoms with E-state index < -0.39 is 17.3 Å². The van der Waals surface area contributed by atoms with Gasteiger partial charge in [0, 0.05) is 5.56 Å². The molecule has 0 saturated carbocycles. The van der Waals surface area contributed by atoms with Gasteiger partial charge in [-0.15, -0.1) is 0 Å². The Bertz CT molecular complexity index is 1800. The smallest absolute Gasteiger partial charge is 0.416 e. The lowest BCUT2D eigenvalue weighted by Gasteiger charge is -2.13. The highest BCUT2D eigenvalue weighted by atomic mass is 79.9. The van der Waals surface area contributed by atoms with E-state index in [2.05, 4.69) is 26.0 Å². The first-order valence-electron chi connectivity index (χ1n) is 11.7. The van der Waals surface area contributed by atoms with Crippen LogP contribution >= 0.6 is 27.5 Å². The zero-order chi connectivity index (χ0) is 28.4. The van der Waals surface area contributed by atoms with Crippen LogP contribution in [0.3, 0.4) is 0 Å². The number of para-hydroxylation sites is 1. The minimum atomic E-state index is -4.58. The fourth-order valence-corrected chi connectivity index (χ4v) is 4.94. The summed E-state index contributed by atoms with van der Waals surface area (Å²) in [6.07, 6.45) is -3.25. The van der Waals surface area contributed by atoms with Crippen LogP contribution in [0.2, 0.25) is 5.02 Å². The Balaban J connectivity index is 1.53. The summed E-state index contributed by atoms with van der Waals surface area (Å²) in [5.74, 6) is -0.135. The molecule has 0 bridgehead atoms. The molecule has 0 N–H and O–H groups in total. The maximum absolute atomic E-state index is 13.5. The SMILES string of the molecule is O=c1c2ccccc2nc(-c2cccc(C(F)(F)F)c2)n1N=Cc1cc(Cl)c(OCc2cccc(F)c2)c(Br)c1. The third kappa shape index (κ3) is 5.93. The molecule has 0 spiro atoms. The maximum atomic E-state index is 13.5. The van der Waals surface area contributed by atoms with Gasteiger partial charge in [0.2, 0.25) is 0 Å². The summed E-state index contributed by atoms with van der Waals surface area (Å²) >= 11 is 9.84. The lowest BCUT2D eigenvalue weighted by Crippen LogP contribution is -2.20. The largest absolute Gasteiger partial charge is 0.486 e. The van der Waals surface area contributed by atoms with Crippen molar-refractivity contribution in [2.45, 2.75) is 12.8 Å². The number of hydrogen-bond acceptors (Lipinski definition) is 4. The van der Waals surface area contributed by atoms with Crippen LogP contribution < -0.4 is 10.3 Å². The van der Waals surface area contributed by atoms with Crippen LogP contribution in [-0.2, 0) is 12.8 Å². The van der Waals surface area contributed by atoms with E-state index in [4.69, 9.17) is 16.3 Å². The number of nitrogens with zero attached hydrogens (tertiary/aromatic N) is 3. The third-order valence-electron chi connectivity index (χ3n) is 5.82. The molecule has 0 aliphatic carbocycles. The highest BCUT2D eigenvalue weighted by Gasteiger charge is 2.31. The van der Waals surface area contributed by atoms with Crippen molar-refractivity contribution in [2.24, 2.45) is 5.10 Å². The predicted molar refractivity (Wildman–Crippen MR) is 149 cm³/mol. The van der Waals surface area contributed by atoms with Gasteiger partial charge in [0.1, 0.15) is 12.4 Å². The summed E-state index contributed by atoms with van der Waals surface area (Å²) in [6, 6.07) is 20.2. The fraction of sp³-hybridized carbons (Fsp3) is 0.0690. The van der Waals surface area contributed by atoms with E-state index in [0.29, 0.717) is 26.9 Å². The summed E-state index contributed by atoms with van der Waals surface area (Å²) < 4.78 is 60.9. The van der Waals surface area contributed by atoms with Crippen LogP contribution in [0.4, 0.5) is 17.6 Å². The summed E-state index contributed by atoms with van der Waals surface area (Å²) in [4.78, 5) is 17.8. The van der Waals surface area contributed by atoms with Crippen molar-refractivity contribution in [1.82, 2.24) is 9.66 Å². The second-order valence-electron chi connectivity index (χ2n) is 8.62. The van der Waals surface area contributed by atoms with E-state index >= 15 is 0 Å². The molecule has 1 aromatic heterocycles. The van der Waals surface area contributed by atoms with Crippen LogP contribution in [0.15, 0.2) is 99.3 Å². The summed E-state index contributed by atoms with van der Waals surface area (Å²) in [5, 5.41) is 4.75. The van der Waals surface area contributed by atoms with Gasteiger partial charge < -0.3 is 4.74 Å². The average Bonchev–Trinajstić information content (AvgIpc) is 2.92. The lowest BCUT2D eigenvalue weighted by atomic mass is 10.1. The Kier molecular flexibility index (Phi) is 7.73. The van der Waals surface area contributed by atoms with Gasteiger partial charge in [-0.3, -0.25) is 4.79 Å². The van der Waals surface area contributed by atoms with E-state index in [1.807, 2.05) is 0 Å². The van der Waals surface area contributed by atoms with Crippen LogP contribution in [-0.4, -0.2) is 15.9 Å². The first kappa shape index (κ1) is 27.5. The standard InChI is InChI=1S/C29H17BrClF4N3O2/c30-23-12-18(13-24(31)26(23)40-16-17-5-3-8-21(32)11-17)15-36-38-27(19-6-4-7-20(14-19)29(33,34)35)37-25-10-2-1-9-22(25)28(38)39/h1-15H,16H2. The van der Waals surface area contributed by atoms with E-state index in [1.54, 1.807) is 48.5 Å². The first-order valence-corrected chi connectivity index (χ1v) is 12.9. The molecule has 5 aromatic rings. The molecular formula is C29H17BrClF4N3O2. The van der Waals surface area contributed by atoms with Crippen molar-refractivity contribution >= 4 is 44.6 Å². The topological polar surface area (TPSA) is 56.5 Å².